The first-order valence-electron chi connectivity index (χ1n) is 6.16. The number of likely N-dealkylation sites (tertiary alicyclic amines) is 1. The highest BCUT2D eigenvalue weighted by Gasteiger charge is 2.09. The Hall–Kier alpha value is -1.09. The fourth-order valence-corrected chi connectivity index (χ4v) is 2.27. The van der Waals surface area contributed by atoms with Gasteiger partial charge in [0.25, 0.3) is 5.56 Å². The molecular weight excluding hydrogens is 200 g/mol. The topological polar surface area (TPSA) is 25.2 Å². The Morgan fingerprint density at radius 2 is 1.94 bits per heavy atom. The molecule has 0 radical (unpaired) electrons. The van der Waals surface area contributed by atoms with E-state index in [-0.39, 0.29) is 5.56 Å². The van der Waals surface area contributed by atoms with Crippen molar-refractivity contribution >= 4 is 0 Å². The quantitative estimate of drug-likeness (QED) is 0.774. The van der Waals surface area contributed by atoms with Crippen molar-refractivity contribution in [3.05, 3.63) is 34.2 Å². The Morgan fingerprint density at radius 3 is 2.69 bits per heavy atom. The summed E-state index contributed by atoms with van der Waals surface area (Å²) in [5.41, 5.74) is 0.987. The van der Waals surface area contributed by atoms with Crippen LogP contribution in [0, 0.1) is 6.92 Å². The van der Waals surface area contributed by atoms with Gasteiger partial charge in [0.05, 0.1) is 0 Å². The molecule has 1 fully saturated rings. The number of piperidine rings is 1. The lowest BCUT2D eigenvalue weighted by atomic mass is 10.1. The summed E-state index contributed by atoms with van der Waals surface area (Å²) in [5, 5.41) is 0. The van der Waals surface area contributed by atoms with Gasteiger partial charge in [-0.1, -0.05) is 12.5 Å². The Bertz CT molecular complexity index is 391. The van der Waals surface area contributed by atoms with Gasteiger partial charge in [0.2, 0.25) is 0 Å². The van der Waals surface area contributed by atoms with Gasteiger partial charge in [-0.15, -0.1) is 0 Å². The van der Waals surface area contributed by atoms with Crippen molar-refractivity contribution in [2.24, 2.45) is 0 Å². The van der Waals surface area contributed by atoms with Gasteiger partial charge in [-0.3, -0.25) is 4.79 Å². The molecular formula is C13H20N2O. The summed E-state index contributed by atoms with van der Waals surface area (Å²) >= 11 is 0. The predicted octanol–water partition coefficient (Wildman–Crippen LogP) is 1.64. The number of hydrogen-bond acceptors (Lipinski definition) is 2. The summed E-state index contributed by atoms with van der Waals surface area (Å²) < 4.78 is 1.82. The van der Waals surface area contributed by atoms with Crippen LogP contribution in [0.3, 0.4) is 0 Å². The van der Waals surface area contributed by atoms with Crippen molar-refractivity contribution in [3.63, 3.8) is 0 Å². The second kappa shape index (κ2) is 5.30. The molecule has 88 valence electrons. The largest absolute Gasteiger partial charge is 0.314 e. The van der Waals surface area contributed by atoms with Crippen LogP contribution in [-0.2, 0) is 6.54 Å². The summed E-state index contributed by atoms with van der Waals surface area (Å²) in [7, 11) is 0. The van der Waals surface area contributed by atoms with E-state index in [0.717, 1.165) is 18.7 Å². The molecule has 1 aromatic rings. The number of nitrogens with zero attached hydrogens (tertiary/aromatic N) is 2. The SMILES string of the molecule is Cc1cccn(CCN2CCCCC2)c1=O. The van der Waals surface area contributed by atoms with Gasteiger partial charge in [0, 0.05) is 24.8 Å². The van der Waals surface area contributed by atoms with Crippen LogP contribution in [-0.4, -0.2) is 29.1 Å². The van der Waals surface area contributed by atoms with Crippen LogP contribution in [0.15, 0.2) is 23.1 Å². The molecule has 0 atom stereocenters. The summed E-state index contributed by atoms with van der Waals surface area (Å²) in [4.78, 5) is 14.2. The van der Waals surface area contributed by atoms with E-state index in [4.69, 9.17) is 0 Å². The first-order valence-corrected chi connectivity index (χ1v) is 6.16. The summed E-state index contributed by atoms with van der Waals surface area (Å²) in [6.45, 7) is 6.09. The number of pyridine rings is 1. The molecule has 2 rings (SSSR count). The van der Waals surface area contributed by atoms with Crippen molar-refractivity contribution in [3.8, 4) is 0 Å². The normalized spacial score (nSPS) is 17.6. The highest BCUT2D eigenvalue weighted by atomic mass is 16.1. The molecule has 1 aromatic heterocycles. The highest BCUT2D eigenvalue weighted by molar-refractivity contribution is 5.07. The van der Waals surface area contributed by atoms with E-state index in [2.05, 4.69) is 4.90 Å². The Kier molecular flexibility index (Phi) is 3.78. The third-order valence-corrected chi connectivity index (χ3v) is 3.32. The minimum Gasteiger partial charge on any atom is -0.314 e. The van der Waals surface area contributed by atoms with Crippen LogP contribution in [0.2, 0.25) is 0 Å². The van der Waals surface area contributed by atoms with Gasteiger partial charge in [0.1, 0.15) is 0 Å². The van der Waals surface area contributed by atoms with Crippen molar-refractivity contribution in [2.45, 2.75) is 32.7 Å². The van der Waals surface area contributed by atoms with Crippen LogP contribution in [0.4, 0.5) is 0 Å². The van der Waals surface area contributed by atoms with E-state index in [0.29, 0.717) is 0 Å². The molecule has 0 N–H and O–H groups in total. The third-order valence-electron chi connectivity index (χ3n) is 3.32. The molecule has 0 unspecified atom stereocenters. The minimum absolute atomic E-state index is 0.152. The molecule has 3 nitrogen and oxygen atoms in total. The van der Waals surface area contributed by atoms with E-state index in [1.807, 2.05) is 29.8 Å². The molecule has 0 saturated carbocycles. The van der Waals surface area contributed by atoms with Crippen LogP contribution in [0.1, 0.15) is 24.8 Å². The number of aromatic nitrogens is 1. The molecule has 0 aromatic carbocycles. The first-order chi connectivity index (χ1) is 7.77. The molecule has 0 amide bonds. The zero-order chi connectivity index (χ0) is 11.4. The van der Waals surface area contributed by atoms with Gasteiger partial charge < -0.3 is 9.47 Å². The molecule has 3 heteroatoms. The lowest BCUT2D eigenvalue weighted by molar-refractivity contribution is 0.220. The van der Waals surface area contributed by atoms with E-state index in [1.54, 1.807) is 0 Å². The Balaban J connectivity index is 1.94. The van der Waals surface area contributed by atoms with Crippen molar-refractivity contribution in [1.29, 1.82) is 0 Å². The maximum atomic E-state index is 11.8. The van der Waals surface area contributed by atoms with Crippen molar-refractivity contribution in [1.82, 2.24) is 9.47 Å². The van der Waals surface area contributed by atoms with Gasteiger partial charge in [0.15, 0.2) is 0 Å². The molecule has 2 heterocycles. The smallest absolute Gasteiger partial charge is 0.253 e. The monoisotopic (exact) mass is 220 g/mol. The molecule has 1 aliphatic rings. The number of hydrogen-bond donors (Lipinski definition) is 0. The second-order valence-corrected chi connectivity index (χ2v) is 4.59. The van der Waals surface area contributed by atoms with E-state index in [9.17, 15) is 4.79 Å². The first kappa shape index (κ1) is 11.4. The van der Waals surface area contributed by atoms with E-state index >= 15 is 0 Å². The minimum atomic E-state index is 0.152. The Morgan fingerprint density at radius 1 is 1.19 bits per heavy atom. The van der Waals surface area contributed by atoms with Crippen molar-refractivity contribution < 1.29 is 0 Å². The molecule has 0 bridgehead atoms. The number of rotatable bonds is 3. The summed E-state index contributed by atoms with van der Waals surface area (Å²) in [6, 6.07) is 3.83. The summed E-state index contributed by atoms with van der Waals surface area (Å²) in [5.74, 6) is 0. The van der Waals surface area contributed by atoms with E-state index in [1.165, 1.54) is 32.4 Å². The predicted molar refractivity (Wildman–Crippen MR) is 65.7 cm³/mol. The number of aryl methyl sites for hydroxylation is 1. The van der Waals surface area contributed by atoms with Gasteiger partial charge in [-0.25, -0.2) is 0 Å². The lowest BCUT2D eigenvalue weighted by Crippen LogP contribution is -2.34. The highest BCUT2D eigenvalue weighted by Crippen LogP contribution is 2.07. The maximum Gasteiger partial charge on any atom is 0.253 e. The molecule has 0 aliphatic carbocycles. The third kappa shape index (κ3) is 2.73. The van der Waals surface area contributed by atoms with Gasteiger partial charge in [-0.2, -0.15) is 0 Å². The van der Waals surface area contributed by atoms with Crippen LogP contribution < -0.4 is 5.56 Å². The average Bonchev–Trinajstić information content (AvgIpc) is 2.32. The zero-order valence-electron chi connectivity index (χ0n) is 9.98. The average molecular weight is 220 g/mol. The van der Waals surface area contributed by atoms with Crippen LogP contribution in [0.25, 0.3) is 0 Å². The zero-order valence-corrected chi connectivity index (χ0v) is 9.98. The van der Waals surface area contributed by atoms with E-state index < -0.39 is 0 Å². The van der Waals surface area contributed by atoms with Gasteiger partial charge in [-0.05, 0) is 38.9 Å². The maximum absolute atomic E-state index is 11.8. The summed E-state index contributed by atoms with van der Waals surface area (Å²) in [6.07, 6.45) is 5.87. The second-order valence-electron chi connectivity index (χ2n) is 4.59. The van der Waals surface area contributed by atoms with Crippen LogP contribution >= 0.6 is 0 Å². The van der Waals surface area contributed by atoms with Crippen LogP contribution in [0.5, 0.6) is 0 Å². The molecule has 1 aliphatic heterocycles. The Labute approximate surface area is 96.7 Å². The van der Waals surface area contributed by atoms with Crippen molar-refractivity contribution in [2.75, 3.05) is 19.6 Å². The molecule has 16 heavy (non-hydrogen) atoms. The molecule has 1 saturated heterocycles. The fraction of sp³-hybridized carbons (Fsp3) is 0.615. The van der Waals surface area contributed by atoms with Gasteiger partial charge >= 0.3 is 0 Å². The standard InChI is InChI=1S/C13H20N2O/c1-12-6-5-9-15(13(12)16)11-10-14-7-3-2-4-8-14/h5-6,9H,2-4,7-8,10-11H2,1H3. The fourth-order valence-electron chi connectivity index (χ4n) is 2.27. The lowest BCUT2D eigenvalue weighted by Gasteiger charge is -2.26. The molecule has 0 spiro atoms.